The van der Waals surface area contributed by atoms with Crippen molar-refractivity contribution in [2.24, 2.45) is 0 Å². The van der Waals surface area contributed by atoms with E-state index in [0.717, 1.165) is 18.1 Å². The van der Waals surface area contributed by atoms with Crippen LogP contribution in [0, 0.1) is 0 Å². The van der Waals surface area contributed by atoms with Gasteiger partial charge in [-0.25, -0.2) is 0 Å². The van der Waals surface area contributed by atoms with E-state index >= 15 is 0 Å². The molecular weight excluding hydrogens is 184 g/mol. The van der Waals surface area contributed by atoms with Crippen LogP contribution in [0.25, 0.3) is 0 Å². The molecule has 0 aromatic carbocycles. The largest absolute Gasteiger partial charge is 0.355 e. The van der Waals surface area contributed by atoms with E-state index in [1.54, 1.807) is 0 Å². The van der Waals surface area contributed by atoms with E-state index in [4.69, 9.17) is 0 Å². The van der Waals surface area contributed by atoms with E-state index in [1.807, 2.05) is 25.6 Å². The summed E-state index contributed by atoms with van der Waals surface area (Å²) in [4.78, 5) is 11.2. The van der Waals surface area contributed by atoms with E-state index in [0.29, 0.717) is 6.54 Å². The maximum Gasteiger partial charge on any atom is 0.236 e. The number of carbonyl (C=O) groups excluding carboxylic acids is 1. The minimum Gasteiger partial charge on any atom is -0.355 e. The molecule has 3 nitrogen and oxygen atoms in total. The van der Waals surface area contributed by atoms with Crippen LogP contribution in [0.1, 0.15) is 20.8 Å². The van der Waals surface area contributed by atoms with Crippen molar-refractivity contribution in [3.8, 4) is 0 Å². The molecule has 0 heterocycles. The smallest absolute Gasteiger partial charge is 0.236 e. The summed E-state index contributed by atoms with van der Waals surface area (Å²) in [5, 5.41) is 5.95. The fourth-order valence-corrected chi connectivity index (χ4v) is 1.46. The zero-order valence-electron chi connectivity index (χ0n) is 8.72. The quantitative estimate of drug-likeness (QED) is 0.604. The van der Waals surface area contributed by atoms with E-state index in [2.05, 4.69) is 17.6 Å². The number of amides is 1. The van der Waals surface area contributed by atoms with Crippen LogP contribution in [0.2, 0.25) is 0 Å². The van der Waals surface area contributed by atoms with Gasteiger partial charge in [0.2, 0.25) is 5.91 Å². The second-order valence-electron chi connectivity index (χ2n) is 2.77. The van der Waals surface area contributed by atoms with Crippen LogP contribution in [-0.4, -0.2) is 36.5 Å². The summed E-state index contributed by atoms with van der Waals surface area (Å²) in [6, 6.07) is -0.0718. The molecule has 0 bridgehead atoms. The summed E-state index contributed by atoms with van der Waals surface area (Å²) < 4.78 is 0. The minimum absolute atomic E-state index is 0.0718. The maximum atomic E-state index is 11.2. The molecular formula is C9H20N2OS. The highest BCUT2D eigenvalue weighted by Crippen LogP contribution is 1.95. The van der Waals surface area contributed by atoms with Crippen LogP contribution in [0.5, 0.6) is 0 Å². The molecule has 0 fully saturated rings. The highest BCUT2D eigenvalue weighted by Gasteiger charge is 2.09. The van der Waals surface area contributed by atoms with Gasteiger partial charge in [-0.15, -0.1) is 0 Å². The van der Waals surface area contributed by atoms with Crippen molar-refractivity contribution in [2.75, 3.05) is 24.6 Å². The molecule has 0 radical (unpaired) electrons. The first-order chi connectivity index (χ1) is 6.22. The van der Waals surface area contributed by atoms with E-state index in [9.17, 15) is 4.79 Å². The molecule has 1 amide bonds. The predicted octanol–water partition coefficient (Wildman–Crippen LogP) is 0.854. The Balaban J connectivity index is 3.38. The van der Waals surface area contributed by atoms with E-state index in [-0.39, 0.29) is 11.9 Å². The van der Waals surface area contributed by atoms with Crippen molar-refractivity contribution in [1.82, 2.24) is 10.6 Å². The Morgan fingerprint density at radius 2 is 2.15 bits per heavy atom. The number of rotatable bonds is 7. The lowest BCUT2D eigenvalue weighted by Gasteiger charge is -2.12. The fraction of sp³-hybridized carbons (Fsp3) is 0.889. The zero-order valence-corrected chi connectivity index (χ0v) is 9.54. The molecule has 13 heavy (non-hydrogen) atoms. The Bertz CT molecular complexity index is 142. The predicted molar refractivity (Wildman–Crippen MR) is 59.1 cm³/mol. The van der Waals surface area contributed by atoms with Gasteiger partial charge in [-0.2, -0.15) is 11.8 Å². The topological polar surface area (TPSA) is 41.1 Å². The summed E-state index contributed by atoms with van der Waals surface area (Å²) in [5.74, 6) is 2.29. The summed E-state index contributed by atoms with van der Waals surface area (Å²) in [7, 11) is 0. The summed E-state index contributed by atoms with van der Waals surface area (Å²) in [6.07, 6.45) is 0. The Morgan fingerprint density at radius 1 is 1.46 bits per heavy atom. The lowest BCUT2D eigenvalue weighted by molar-refractivity contribution is -0.122. The first-order valence-corrected chi connectivity index (χ1v) is 5.96. The third-order valence-electron chi connectivity index (χ3n) is 1.65. The lowest BCUT2D eigenvalue weighted by Crippen LogP contribution is -2.42. The highest BCUT2D eigenvalue weighted by molar-refractivity contribution is 7.99. The van der Waals surface area contributed by atoms with Crippen LogP contribution >= 0.6 is 11.8 Å². The summed E-state index contributed by atoms with van der Waals surface area (Å²) in [6.45, 7) is 7.56. The molecule has 0 aliphatic carbocycles. The Morgan fingerprint density at radius 3 is 2.69 bits per heavy atom. The summed E-state index contributed by atoms with van der Waals surface area (Å²) in [5.41, 5.74) is 0. The van der Waals surface area contributed by atoms with Gasteiger partial charge in [-0.3, -0.25) is 4.79 Å². The van der Waals surface area contributed by atoms with Crippen LogP contribution < -0.4 is 10.6 Å². The average molecular weight is 204 g/mol. The lowest BCUT2D eigenvalue weighted by atomic mass is 10.3. The second-order valence-corrected chi connectivity index (χ2v) is 4.16. The number of thioether (sulfide) groups is 1. The van der Waals surface area contributed by atoms with Crippen LogP contribution in [0.15, 0.2) is 0 Å². The maximum absolute atomic E-state index is 11.2. The second kappa shape index (κ2) is 8.38. The highest BCUT2D eigenvalue weighted by atomic mass is 32.2. The Kier molecular flexibility index (Phi) is 8.24. The van der Waals surface area contributed by atoms with Crippen molar-refractivity contribution < 1.29 is 4.79 Å². The minimum atomic E-state index is -0.0718. The van der Waals surface area contributed by atoms with Crippen molar-refractivity contribution in [1.29, 1.82) is 0 Å². The van der Waals surface area contributed by atoms with Crippen LogP contribution in [-0.2, 0) is 4.79 Å². The normalized spacial score (nSPS) is 12.5. The average Bonchev–Trinajstić information content (AvgIpc) is 2.12. The molecule has 0 saturated heterocycles. The zero-order chi connectivity index (χ0) is 10.1. The van der Waals surface area contributed by atoms with Gasteiger partial charge in [-0.05, 0) is 19.6 Å². The number of hydrogen-bond donors (Lipinski definition) is 2. The van der Waals surface area contributed by atoms with Crippen molar-refractivity contribution in [3.05, 3.63) is 0 Å². The third-order valence-corrected chi connectivity index (χ3v) is 2.55. The molecule has 4 heteroatoms. The SMILES string of the molecule is CCNC(=O)C(C)NCCSCC. The van der Waals surface area contributed by atoms with Gasteiger partial charge in [0.15, 0.2) is 0 Å². The molecule has 0 rings (SSSR count). The van der Waals surface area contributed by atoms with Crippen LogP contribution in [0.3, 0.4) is 0 Å². The van der Waals surface area contributed by atoms with Gasteiger partial charge in [0, 0.05) is 18.8 Å². The molecule has 2 N–H and O–H groups in total. The molecule has 0 spiro atoms. The number of likely N-dealkylation sites (N-methyl/N-ethyl adjacent to an activating group) is 1. The fourth-order valence-electron chi connectivity index (χ4n) is 0.912. The van der Waals surface area contributed by atoms with Gasteiger partial charge >= 0.3 is 0 Å². The van der Waals surface area contributed by atoms with Crippen molar-refractivity contribution >= 4 is 17.7 Å². The standard InChI is InChI=1S/C9H20N2OS/c1-4-10-9(12)8(3)11-6-7-13-5-2/h8,11H,4-7H2,1-3H3,(H,10,12). The molecule has 78 valence electrons. The van der Waals surface area contributed by atoms with Gasteiger partial charge < -0.3 is 10.6 Å². The van der Waals surface area contributed by atoms with E-state index < -0.39 is 0 Å². The molecule has 1 atom stereocenters. The first kappa shape index (κ1) is 12.8. The molecule has 0 aromatic heterocycles. The molecule has 0 aliphatic rings. The Labute approximate surface area is 85.0 Å². The molecule has 0 saturated carbocycles. The van der Waals surface area contributed by atoms with Gasteiger partial charge in [-0.1, -0.05) is 6.92 Å². The monoisotopic (exact) mass is 204 g/mol. The van der Waals surface area contributed by atoms with Crippen molar-refractivity contribution in [3.63, 3.8) is 0 Å². The van der Waals surface area contributed by atoms with Gasteiger partial charge in [0.05, 0.1) is 6.04 Å². The van der Waals surface area contributed by atoms with Crippen LogP contribution in [0.4, 0.5) is 0 Å². The van der Waals surface area contributed by atoms with Gasteiger partial charge in [0.25, 0.3) is 0 Å². The molecule has 0 aliphatic heterocycles. The molecule has 1 unspecified atom stereocenters. The number of carbonyl (C=O) groups is 1. The third kappa shape index (κ3) is 6.90. The van der Waals surface area contributed by atoms with E-state index in [1.165, 1.54) is 0 Å². The number of nitrogens with one attached hydrogen (secondary N) is 2. The Hall–Kier alpha value is -0.220. The summed E-state index contributed by atoms with van der Waals surface area (Å²) >= 11 is 1.88. The van der Waals surface area contributed by atoms with Gasteiger partial charge in [0.1, 0.15) is 0 Å². The first-order valence-electron chi connectivity index (χ1n) is 4.81. The molecule has 0 aromatic rings. The van der Waals surface area contributed by atoms with Crippen molar-refractivity contribution in [2.45, 2.75) is 26.8 Å². The number of hydrogen-bond acceptors (Lipinski definition) is 3.